The van der Waals surface area contributed by atoms with E-state index in [1.807, 2.05) is 0 Å². The van der Waals surface area contributed by atoms with Gasteiger partial charge in [-0.05, 0) is 50.4 Å². The summed E-state index contributed by atoms with van der Waals surface area (Å²) in [7, 11) is 0. The Labute approximate surface area is 110 Å². The van der Waals surface area contributed by atoms with Crippen LogP contribution in [0.3, 0.4) is 0 Å². The van der Waals surface area contributed by atoms with Crippen molar-refractivity contribution in [2.45, 2.75) is 65.5 Å². The molecular weight excluding hydrogens is 222 g/mol. The monoisotopic (exact) mass is 248 g/mol. The van der Waals surface area contributed by atoms with Crippen LogP contribution in [-0.4, -0.2) is 22.5 Å². The fourth-order valence-electron chi connectivity index (χ4n) is 4.28. The first-order chi connectivity index (χ1) is 8.59. The summed E-state index contributed by atoms with van der Waals surface area (Å²) in [5, 5.41) is 8.88. The van der Waals surface area contributed by atoms with E-state index in [2.05, 4.69) is 42.7 Å². The maximum absolute atomic E-state index is 4.50. The lowest BCUT2D eigenvalue weighted by molar-refractivity contribution is -0.567. The van der Waals surface area contributed by atoms with Crippen molar-refractivity contribution < 1.29 is 4.68 Å². The van der Waals surface area contributed by atoms with Crippen molar-refractivity contribution >= 4 is 5.71 Å². The minimum absolute atomic E-state index is 0.404. The van der Waals surface area contributed by atoms with Gasteiger partial charge in [0.15, 0.2) is 5.71 Å². The quantitative estimate of drug-likeness (QED) is 0.667. The highest BCUT2D eigenvalue weighted by molar-refractivity contribution is 5.86. The third kappa shape index (κ3) is 1.92. The van der Waals surface area contributed by atoms with Crippen LogP contribution < -0.4 is 0 Å². The molecule has 0 aromatic carbocycles. The number of nitrogens with zero attached hydrogens (tertiary/aromatic N) is 3. The zero-order chi connectivity index (χ0) is 12.9. The standard InChI is InChI=1S/C15H26N3/c1-9(2)15-11-5-7-13-14(8-6-12(11)15)18(10(3)4)17-16-13/h9-13,15H,5-8H2,1-4H3/q+1. The van der Waals surface area contributed by atoms with Crippen LogP contribution in [0.5, 0.6) is 0 Å². The zero-order valence-corrected chi connectivity index (χ0v) is 12.1. The van der Waals surface area contributed by atoms with Crippen LogP contribution in [-0.2, 0) is 0 Å². The van der Waals surface area contributed by atoms with Gasteiger partial charge in [-0.2, -0.15) is 0 Å². The molecule has 3 nitrogen and oxygen atoms in total. The SMILES string of the molecule is CC(C)C1C2CCC3=[N+](C(C)C)N=NC3CCC21. The Hall–Kier alpha value is -0.730. The van der Waals surface area contributed by atoms with E-state index in [4.69, 9.17) is 0 Å². The molecule has 2 fully saturated rings. The number of hydrogen-bond donors (Lipinski definition) is 0. The Morgan fingerprint density at radius 1 is 1.06 bits per heavy atom. The van der Waals surface area contributed by atoms with Crippen molar-refractivity contribution in [3.8, 4) is 0 Å². The third-order valence-electron chi connectivity index (χ3n) is 5.13. The Bertz CT molecular complexity index is 395. The van der Waals surface area contributed by atoms with E-state index in [1.54, 1.807) is 0 Å². The van der Waals surface area contributed by atoms with Crippen LogP contribution in [0.2, 0.25) is 0 Å². The molecule has 1 aliphatic heterocycles. The van der Waals surface area contributed by atoms with Crippen molar-refractivity contribution in [2.24, 2.45) is 34.0 Å². The molecule has 3 rings (SSSR count). The second-order valence-electron chi connectivity index (χ2n) is 6.92. The van der Waals surface area contributed by atoms with Crippen LogP contribution in [0.1, 0.15) is 53.4 Å². The van der Waals surface area contributed by atoms with Crippen molar-refractivity contribution in [1.82, 2.24) is 0 Å². The summed E-state index contributed by atoms with van der Waals surface area (Å²) in [6.07, 6.45) is 5.19. The van der Waals surface area contributed by atoms with Gasteiger partial charge in [0.05, 0.1) is 0 Å². The van der Waals surface area contributed by atoms with E-state index in [9.17, 15) is 0 Å². The predicted molar refractivity (Wildman–Crippen MR) is 72.8 cm³/mol. The summed E-state index contributed by atoms with van der Waals surface area (Å²) in [4.78, 5) is 0. The van der Waals surface area contributed by atoms with Crippen LogP contribution in [0, 0.1) is 23.7 Å². The highest BCUT2D eigenvalue weighted by Crippen LogP contribution is 2.57. The zero-order valence-electron chi connectivity index (χ0n) is 12.1. The average Bonchev–Trinajstić information content (AvgIpc) is 2.81. The van der Waals surface area contributed by atoms with Gasteiger partial charge in [-0.15, -0.1) is 4.68 Å². The molecule has 0 bridgehead atoms. The second-order valence-corrected chi connectivity index (χ2v) is 6.92. The topological polar surface area (TPSA) is 27.7 Å². The van der Waals surface area contributed by atoms with Gasteiger partial charge in [-0.1, -0.05) is 13.8 Å². The number of rotatable bonds is 2. The molecule has 3 heteroatoms. The van der Waals surface area contributed by atoms with Crippen molar-refractivity contribution in [3.05, 3.63) is 0 Å². The Kier molecular flexibility index (Phi) is 3.03. The van der Waals surface area contributed by atoms with Crippen LogP contribution >= 0.6 is 0 Å². The van der Waals surface area contributed by atoms with Crippen molar-refractivity contribution in [2.75, 3.05) is 0 Å². The fraction of sp³-hybridized carbons (Fsp3) is 0.933. The van der Waals surface area contributed by atoms with Crippen LogP contribution in [0.4, 0.5) is 0 Å². The van der Waals surface area contributed by atoms with Gasteiger partial charge >= 0.3 is 0 Å². The number of fused-ring (bicyclic) bond motifs is 2. The molecule has 1 heterocycles. The maximum atomic E-state index is 4.50. The van der Waals surface area contributed by atoms with Crippen LogP contribution in [0.25, 0.3) is 0 Å². The molecule has 0 aromatic rings. The predicted octanol–water partition coefficient (Wildman–Crippen LogP) is 3.69. The molecular formula is C15H26N3+. The minimum atomic E-state index is 0.404. The third-order valence-corrected chi connectivity index (χ3v) is 5.13. The lowest BCUT2D eigenvalue weighted by atomic mass is 9.95. The molecule has 3 aliphatic rings. The summed E-state index contributed by atoms with van der Waals surface area (Å²) in [6.45, 7) is 9.21. The highest BCUT2D eigenvalue weighted by Gasteiger charge is 2.53. The lowest BCUT2D eigenvalue weighted by Gasteiger charge is -2.11. The maximum Gasteiger partial charge on any atom is 0.225 e. The van der Waals surface area contributed by atoms with E-state index in [0.717, 1.165) is 23.7 Å². The molecule has 4 unspecified atom stereocenters. The lowest BCUT2D eigenvalue weighted by Crippen LogP contribution is -2.27. The molecule has 0 N–H and O–H groups in total. The molecule has 18 heavy (non-hydrogen) atoms. The fourth-order valence-corrected chi connectivity index (χ4v) is 4.28. The molecule has 0 aromatic heterocycles. The van der Waals surface area contributed by atoms with Gasteiger partial charge in [0.1, 0.15) is 11.3 Å². The first kappa shape index (κ1) is 12.3. The summed E-state index contributed by atoms with van der Waals surface area (Å²) in [6, 6.07) is 0.867. The van der Waals surface area contributed by atoms with Gasteiger partial charge in [0.2, 0.25) is 6.04 Å². The van der Waals surface area contributed by atoms with Crippen molar-refractivity contribution in [1.29, 1.82) is 0 Å². The summed E-state index contributed by atoms with van der Waals surface area (Å²) in [5.41, 5.74) is 1.50. The highest BCUT2D eigenvalue weighted by atomic mass is 15.5. The second kappa shape index (κ2) is 4.43. The number of hydrogen-bond acceptors (Lipinski definition) is 2. The Balaban J connectivity index is 1.75. The van der Waals surface area contributed by atoms with Gasteiger partial charge < -0.3 is 0 Å². The van der Waals surface area contributed by atoms with Crippen molar-refractivity contribution in [3.63, 3.8) is 0 Å². The van der Waals surface area contributed by atoms with Gasteiger partial charge in [-0.3, -0.25) is 0 Å². The average molecular weight is 248 g/mol. The summed E-state index contributed by atoms with van der Waals surface area (Å²) < 4.78 is 2.18. The Morgan fingerprint density at radius 3 is 2.44 bits per heavy atom. The molecule has 4 atom stereocenters. The molecule has 100 valence electrons. The van der Waals surface area contributed by atoms with Gasteiger partial charge in [-0.25, -0.2) is 0 Å². The molecule has 0 radical (unpaired) electrons. The first-order valence-electron chi connectivity index (χ1n) is 7.65. The van der Waals surface area contributed by atoms with Gasteiger partial charge in [0, 0.05) is 18.0 Å². The van der Waals surface area contributed by atoms with E-state index < -0.39 is 0 Å². The van der Waals surface area contributed by atoms with E-state index in [1.165, 1.54) is 31.4 Å². The summed E-state index contributed by atoms with van der Waals surface area (Å²) >= 11 is 0. The molecule has 2 aliphatic carbocycles. The summed E-state index contributed by atoms with van der Waals surface area (Å²) in [5.74, 6) is 3.85. The minimum Gasteiger partial charge on any atom is -0.132 e. The molecule has 0 amide bonds. The van der Waals surface area contributed by atoms with E-state index >= 15 is 0 Å². The largest absolute Gasteiger partial charge is 0.225 e. The molecule has 0 spiro atoms. The van der Waals surface area contributed by atoms with E-state index in [0.29, 0.717) is 12.1 Å². The smallest absolute Gasteiger partial charge is 0.132 e. The Morgan fingerprint density at radius 2 is 1.78 bits per heavy atom. The first-order valence-corrected chi connectivity index (χ1v) is 7.65. The molecule has 0 saturated heterocycles. The van der Waals surface area contributed by atoms with Crippen LogP contribution in [0.15, 0.2) is 10.3 Å². The normalized spacial score (nSPS) is 38.8. The molecule has 2 saturated carbocycles. The van der Waals surface area contributed by atoms with E-state index in [-0.39, 0.29) is 0 Å². The van der Waals surface area contributed by atoms with Gasteiger partial charge in [0.25, 0.3) is 0 Å².